The molecule has 0 spiro atoms. The van der Waals surface area contributed by atoms with Crippen LogP contribution in [-0.2, 0) is 0 Å². The van der Waals surface area contributed by atoms with Crippen LogP contribution in [0.5, 0.6) is 5.75 Å². The molecule has 1 rings (SSSR count). The van der Waals surface area contributed by atoms with Gasteiger partial charge in [0, 0.05) is 11.6 Å². The van der Waals surface area contributed by atoms with Crippen LogP contribution in [0.25, 0.3) is 0 Å². The van der Waals surface area contributed by atoms with Crippen LogP contribution in [0.1, 0.15) is 63.6 Å². The third kappa shape index (κ3) is 5.23. The molecule has 1 aromatic rings. The van der Waals surface area contributed by atoms with Gasteiger partial charge in [-0.2, -0.15) is 0 Å². The van der Waals surface area contributed by atoms with Crippen molar-refractivity contribution in [3.63, 3.8) is 0 Å². The minimum atomic E-state index is 0.0191. The summed E-state index contributed by atoms with van der Waals surface area (Å²) in [6, 6.07) is 6.30. The molecule has 0 saturated carbocycles. The summed E-state index contributed by atoms with van der Waals surface area (Å²) in [5.74, 6) is 1.61. The van der Waals surface area contributed by atoms with Gasteiger partial charge in [-0.25, -0.2) is 0 Å². The van der Waals surface area contributed by atoms with Gasteiger partial charge in [0.15, 0.2) is 0 Å². The minimum Gasteiger partial charge on any atom is -0.493 e. The van der Waals surface area contributed by atoms with Crippen molar-refractivity contribution in [3.05, 3.63) is 29.3 Å². The predicted molar refractivity (Wildman–Crippen MR) is 82.6 cm³/mol. The van der Waals surface area contributed by atoms with Gasteiger partial charge in [-0.1, -0.05) is 50.8 Å². The number of aryl methyl sites for hydroxylation is 1. The maximum atomic E-state index is 6.02. The van der Waals surface area contributed by atoms with E-state index in [4.69, 9.17) is 10.5 Å². The first-order valence-electron chi connectivity index (χ1n) is 7.57. The first kappa shape index (κ1) is 16.0. The van der Waals surface area contributed by atoms with Gasteiger partial charge < -0.3 is 10.5 Å². The Morgan fingerprint density at radius 3 is 2.58 bits per heavy atom. The quantitative estimate of drug-likeness (QED) is 0.743. The maximum Gasteiger partial charge on any atom is 0.124 e. The summed E-state index contributed by atoms with van der Waals surface area (Å²) < 4.78 is 6.02. The van der Waals surface area contributed by atoms with Gasteiger partial charge in [0.2, 0.25) is 0 Å². The molecule has 2 nitrogen and oxygen atoms in total. The molecule has 0 aliphatic rings. The van der Waals surface area contributed by atoms with Crippen LogP contribution < -0.4 is 10.5 Å². The molecule has 0 aromatic heterocycles. The van der Waals surface area contributed by atoms with E-state index in [1.54, 1.807) is 0 Å². The van der Waals surface area contributed by atoms with Crippen LogP contribution in [0.15, 0.2) is 18.2 Å². The van der Waals surface area contributed by atoms with E-state index in [-0.39, 0.29) is 6.04 Å². The number of nitrogens with two attached hydrogens (primary N) is 1. The molecule has 2 N–H and O–H groups in total. The molecular weight excluding hydrogens is 234 g/mol. The normalized spacial score (nSPS) is 14.2. The highest BCUT2D eigenvalue weighted by molar-refractivity contribution is 5.38. The van der Waals surface area contributed by atoms with Gasteiger partial charge >= 0.3 is 0 Å². The lowest BCUT2D eigenvalue weighted by molar-refractivity contribution is 0.231. The molecule has 2 atom stereocenters. The number of hydrogen-bond acceptors (Lipinski definition) is 2. The van der Waals surface area contributed by atoms with E-state index < -0.39 is 0 Å². The maximum absolute atomic E-state index is 6.02. The summed E-state index contributed by atoms with van der Waals surface area (Å²) >= 11 is 0. The van der Waals surface area contributed by atoms with Gasteiger partial charge in [0.25, 0.3) is 0 Å². The molecule has 19 heavy (non-hydrogen) atoms. The summed E-state index contributed by atoms with van der Waals surface area (Å²) in [5.41, 5.74) is 8.37. The van der Waals surface area contributed by atoms with Crippen molar-refractivity contribution in [2.24, 2.45) is 11.7 Å². The highest BCUT2D eigenvalue weighted by atomic mass is 16.5. The van der Waals surface area contributed by atoms with Gasteiger partial charge in [0.05, 0.1) is 6.61 Å². The van der Waals surface area contributed by atoms with Crippen molar-refractivity contribution >= 4 is 0 Å². The monoisotopic (exact) mass is 263 g/mol. The second-order valence-corrected chi connectivity index (χ2v) is 5.56. The first-order valence-corrected chi connectivity index (χ1v) is 7.57. The Hall–Kier alpha value is -1.02. The van der Waals surface area contributed by atoms with Crippen LogP contribution in [0.2, 0.25) is 0 Å². The zero-order valence-corrected chi connectivity index (χ0v) is 12.9. The highest BCUT2D eigenvalue weighted by Crippen LogP contribution is 2.26. The Kier molecular flexibility index (Phi) is 6.93. The Morgan fingerprint density at radius 2 is 2.00 bits per heavy atom. The zero-order valence-electron chi connectivity index (χ0n) is 12.9. The second-order valence-electron chi connectivity index (χ2n) is 5.56. The van der Waals surface area contributed by atoms with Crippen molar-refractivity contribution in [2.45, 2.75) is 59.4 Å². The second kappa shape index (κ2) is 8.21. The molecule has 108 valence electrons. The minimum absolute atomic E-state index is 0.0191. The van der Waals surface area contributed by atoms with Crippen LogP contribution in [0.3, 0.4) is 0 Å². The number of rotatable bonds is 8. The molecule has 0 bridgehead atoms. The van der Waals surface area contributed by atoms with E-state index in [0.717, 1.165) is 17.9 Å². The van der Waals surface area contributed by atoms with Gasteiger partial charge in [-0.15, -0.1) is 0 Å². The molecule has 0 amide bonds. The summed E-state index contributed by atoms with van der Waals surface area (Å²) in [6.07, 6.45) is 4.98. The van der Waals surface area contributed by atoms with E-state index in [9.17, 15) is 0 Å². The topological polar surface area (TPSA) is 35.2 Å². The van der Waals surface area contributed by atoms with Crippen LogP contribution in [0, 0.1) is 12.8 Å². The lowest BCUT2D eigenvalue weighted by Crippen LogP contribution is -2.14. The fourth-order valence-corrected chi connectivity index (χ4v) is 2.26. The van der Waals surface area contributed by atoms with Crippen molar-refractivity contribution in [3.8, 4) is 5.75 Å². The first-order chi connectivity index (χ1) is 9.08. The fraction of sp³-hybridized carbons (Fsp3) is 0.647. The molecule has 1 unspecified atom stereocenters. The molecule has 0 heterocycles. The SMILES string of the molecule is CCCCC(CC)COc1ccc(C)cc1[C@@H](C)N. The lowest BCUT2D eigenvalue weighted by Gasteiger charge is -2.19. The van der Waals surface area contributed by atoms with Crippen molar-refractivity contribution in [1.29, 1.82) is 0 Å². The third-order valence-corrected chi connectivity index (χ3v) is 3.67. The molecule has 2 heteroatoms. The zero-order chi connectivity index (χ0) is 14.3. The summed E-state index contributed by atoms with van der Waals surface area (Å²) in [5, 5.41) is 0. The molecule has 0 aliphatic heterocycles. The van der Waals surface area contributed by atoms with Crippen molar-refractivity contribution < 1.29 is 4.74 Å². The molecule has 1 aromatic carbocycles. The Labute approximate surface area is 118 Å². The van der Waals surface area contributed by atoms with Crippen molar-refractivity contribution in [1.82, 2.24) is 0 Å². The molecule has 0 aliphatic carbocycles. The van der Waals surface area contributed by atoms with E-state index >= 15 is 0 Å². The average molecular weight is 263 g/mol. The van der Waals surface area contributed by atoms with E-state index in [2.05, 4.69) is 39.0 Å². The fourth-order valence-electron chi connectivity index (χ4n) is 2.26. The summed E-state index contributed by atoms with van der Waals surface area (Å²) in [4.78, 5) is 0. The van der Waals surface area contributed by atoms with E-state index in [1.807, 2.05) is 6.92 Å². The highest BCUT2D eigenvalue weighted by Gasteiger charge is 2.11. The largest absolute Gasteiger partial charge is 0.493 e. The third-order valence-electron chi connectivity index (χ3n) is 3.67. The van der Waals surface area contributed by atoms with E-state index in [1.165, 1.54) is 31.2 Å². The van der Waals surface area contributed by atoms with Gasteiger partial charge in [-0.05, 0) is 32.3 Å². The van der Waals surface area contributed by atoms with E-state index in [0.29, 0.717) is 5.92 Å². The average Bonchev–Trinajstić information content (AvgIpc) is 2.40. The number of benzene rings is 1. The Bertz CT molecular complexity index is 374. The Morgan fingerprint density at radius 1 is 1.26 bits per heavy atom. The number of ether oxygens (including phenoxy) is 1. The summed E-state index contributed by atoms with van der Waals surface area (Å²) in [6.45, 7) is 9.38. The number of unbranched alkanes of at least 4 members (excludes halogenated alkanes) is 1. The van der Waals surface area contributed by atoms with Gasteiger partial charge in [-0.3, -0.25) is 0 Å². The summed E-state index contributed by atoms with van der Waals surface area (Å²) in [7, 11) is 0. The molecular formula is C17H29NO. The molecule has 0 saturated heterocycles. The van der Waals surface area contributed by atoms with Gasteiger partial charge in [0.1, 0.15) is 5.75 Å². The van der Waals surface area contributed by atoms with Crippen LogP contribution >= 0.6 is 0 Å². The van der Waals surface area contributed by atoms with Crippen LogP contribution in [-0.4, -0.2) is 6.61 Å². The Balaban J connectivity index is 2.65. The molecule has 0 fully saturated rings. The smallest absolute Gasteiger partial charge is 0.124 e. The predicted octanol–water partition coefficient (Wildman–Crippen LogP) is 4.61. The van der Waals surface area contributed by atoms with Crippen LogP contribution in [0.4, 0.5) is 0 Å². The standard InChI is InChI=1S/C17H29NO/c1-5-7-8-15(6-2)12-19-17-10-9-13(3)11-16(17)14(4)18/h9-11,14-15H,5-8,12,18H2,1-4H3/t14-,15?/m1/s1. The lowest BCUT2D eigenvalue weighted by atomic mass is 10.0. The van der Waals surface area contributed by atoms with Crippen molar-refractivity contribution in [2.75, 3.05) is 6.61 Å². The number of hydrogen-bond donors (Lipinski definition) is 1. The molecule has 0 radical (unpaired) electrons.